The fraction of sp³-hybridized carbons (Fsp3) is 0.333. The van der Waals surface area contributed by atoms with Gasteiger partial charge in [0.15, 0.2) is 0 Å². The minimum absolute atomic E-state index is 0.0624. The third-order valence-corrected chi connectivity index (χ3v) is 2.04. The maximum atomic E-state index is 10.5. The number of sulfonamides is 1. The third kappa shape index (κ3) is 3.42. The standard InChI is InChI=1S/C6H11NO2S/c1-3-4-5-6(2)10(7,8)9/h3H,1-2,4-5H2,(H2,7,8,9). The van der Waals surface area contributed by atoms with E-state index in [1.165, 1.54) is 0 Å². The van der Waals surface area contributed by atoms with Gasteiger partial charge in [-0.3, -0.25) is 0 Å². The summed E-state index contributed by atoms with van der Waals surface area (Å²) in [5, 5.41) is 4.76. The number of primary sulfonamides is 1. The zero-order chi connectivity index (χ0) is 8.20. The lowest BCUT2D eigenvalue weighted by Gasteiger charge is -1.97. The van der Waals surface area contributed by atoms with E-state index in [-0.39, 0.29) is 4.91 Å². The fourth-order valence-electron chi connectivity index (χ4n) is 0.405. The summed E-state index contributed by atoms with van der Waals surface area (Å²) in [6.07, 6.45) is 2.58. The van der Waals surface area contributed by atoms with Crippen molar-refractivity contribution in [3.8, 4) is 0 Å². The van der Waals surface area contributed by atoms with Crippen LogP contribution >= 0.6 is 0 Å². The highest BCUT2D eigenvalue weighted by atomic mass is 32.2. The maximum Gasteiger partial charge on any atom is 0.233 e. The fourth-order valence-corrected chi connectivity index (χ4v) is 0.808. The molecule has 0 aromatic rings. The topological polar surface area (TPSA) is 60.2 Å². The highest BCUT2D eigenvalue weighted by Gasteiger charge is 2.06. The Morgan fingerprint density at radius 1 is 1.60 bits per heavy atom. The molecule has 0 saturated heterocycles. The van der Waals surface area contributed by atoms with Crippen LogP contribution in [0, 0.1) is 0 Å². The zero-order valence-corrected chi connectivity index (χ0v) is 6.52. The van der Waals surface area contributed by atoms with Gasteiger partial charge in [0.1, 0.15) is 0 Å². The summed E-state index contributed by atoms with van der Waals surface area (Å²) in [5.74, 6) is 0. The molecule has 0 saturated carbocycles. The van der Waals surface area contributed by atoms with Crippen LogP contribution in [-0.2, 0) is 10.0 Å². The number of hydrogen-bond donors (Lipinski definition) is 1. The second-order valence-electron chi connectivity index (χ2n) is 1.91. The summed E-state index contributed by atoms with van der Waals surface area (Å²) in [7, 11) is -3.52. The average Bonchev–Trinajstić information content (AvgIpc) is 1.80. The summed E-state index contributed by atoms with van der Waals surface area (Å²) in [5.41, 5.74) is 0. The molecule has 0 aromatic carbocycles. The normalized spacial score (nSPS) is 10.9. The first-order valence-electron chi connectivity index (χ1n) is 2.80. The summed E-state index contributed by atoms with van der Waals surface area (Å²) in [4.78, 5) is 0.0624. The van der Waals surface area contributed by atoms with E-state index in [0.29, 0.717) is 12.8 Å². The van der Waals surface area contributed by atoms with Gasteiger partial charge in [-0.25, -0.2) is 13.6 Å². The molecular formula is C6H11NO2S. The zero-order valence-electron chi connectivity index (χ0n) is 5.71. The minimum atomic E-state index is -3.52. The second-order valence-corrected chi connectivity index (χ2v) is 3.58. The molecule has 0 radical (unpaired) electrons. The molecule has 58 valence electrons. The van der Waals surface area contributed by atoms with Gasteiger partial charge in [0.2, 0.25) is 10.0 Å². The molecule has 3 nitrogen and oxygen atoms in total. The molecule has 0 aliphatic rings. The molecule has 4 heteroatoms. The first-order chi connectivity index (χ1) is 4.48. The Hall–Kier alpha value is -0.610. The van der Waals surface area contributed by atoms with Gasteiger partial charge in [-0.1, -0.05) is 12.7 Å². The van der Waals surface area contributed by atoms with Crippen LogP contribution in [0.3, 0.4) is 0 Å². The van der Waals surface area contributed by atoms with E-state index in [4.69, 9.17) is 5.14 Å². The SMILES string of the molecule is C=CCCC(=C)S(N)(=O)=O. The van der Waals surface area contributed by atoms with Crippen molar-refractivity contribution >= 4 is 10.0 Å². The van der Waals surface area contributed by atoms with Gasteiger partial charge in [-0.2, -0.15) is 0 Å². The molecule has 0 fully saturated rings. The molecule has 0 aliphatic heterocycles. The minimum Gasteiger partial charge on any atom is -0.225 e. The van der Waals surface area contributed by atoms with E-state index >= 15 is 0 Å². The van der Waals surface area contributed by atoms with Crippen molar-refractivity contribution in [3.05, 3.63) is 24.1 Å². The van der Waals surface area contributed by atoms with Crippen molar-refractivity contribution in [1.29, 1.82) is 0 Å². The van der Waals surface area contributed by atoms with Crippen molar-refractivity contribution in [1.82, 2.24) is 0 Å². The summed E-state index contributed by atoms with van der Waals surface area (Å²) < 4.78 is 21.0. The van der Waals surface area contributed by atoms with E-state index < -0.39 is 10.0 Å². The average molecular weight is 161 g/mol. The van der Waals surface area contributed by atoms with Crippen LogP contribution in [0.25, 0.3) is 0 Å². The van der Waals surface area contributed by atoms with Gasteiger partial charge in [0, 0.05) is 0 Å². The molecule has 0 aliphatic carbocycles. The van der Waals surface area contributed by atoms with Crippen molar-refractivity contribution in [2.24, 2.45) is 5.14 Å². The molecule has 0 bridgehead atoms. The van der Waals surface area contributed by atoms with Gasteiger partial charge < -0.3 is 0 Å². The van der Waals surface area contributed by atoms with Crippen molar-refractivity contribution < 1.29 is 8.42 Å². The summed E-state index contributed by atoms with van der Waals surface area (Å²) >= 11 is 0. The van der Waals surface area contributed by atoms with Crippen LogP contribution in [0.5, 0.6) is 0 Å². The van der Waals surface area contributed by atoms with Crippen molar-refractivity contribution in [2.45, 2.75) is 12.8 Å². The molecule has 0 spiro atoms. The largest absolute Gasteiger partial charge is 0.233 e. The lowest BCUT2D eigenvalue weighted by Crippen LogP contribution is -2.13. The van der Waals surface area contributed by atoms with E-state index in [0.717, 1.165) is 0 Å². The van der Waals surface area contributed by atoms with E-state index in [1.807, 2.05) is 0 Å². The van der Waals surface area contributed by atoms with E-state index in [1.54, 1.807) is 6.08 Å². The number of allylic oxidation sites excluding steroid dienone is 2. The molecule has 2 N–H and O–H groups in total. The van der Waals surface area contributed by atoms with E-state index in [9.17, 15) is 8.42 Å². The first kappa shape index (κ1) is 9.39. The Bertz CT molecular complexity index is 228. The highest BCUT2D eigenvalue weighted by Crippen LogP contribution is 2.06. The van der Waals surface area contributed by atoms with Crippen molar-refractivity contribution in [2.75, 3.05) is 0 Å². The molecule has 0 amide bonds. The quantitative estimate of drug-likeness (QED) is 0.618. The van der Waals surface area contributed by atoms with Crippen LogP contribution in [0.4, 0.5) is 0 Å². The monoisotopic (exact) mass is 161 g/mol. The van der Waals surface area contributed by atoms with Gasteiger partial charge in [-0.15, -0.1) is 6.58 Å². The molecule has 0 heterocycles. The number of rotatable bonds is 4. The molecule has 0 unspecified atom stereocenters. The Morgan fingerprint density at radius 3 is 2.40 bits per heavy atom. The molecular weight excluding hydrogens is 150 g/mol. The number of hydrogen-bond acceptors (Lipinski definition) is 2. The van der Waals surface area contributed by atoms with Crippen LogP contribution in [0.1, 0.15) is 12.8 Å². The van der Waals surface area contributed by atoms with Gasteiger partial charge >= 0.3 is 0 Å². The summed E-state index contributed by atoms with van der Waals surface area (Å²) in [6.45, 7) is 6.74. The Kier molecular flexibility index (Phi) is 3.32. The van der Waals surface area contributed by atoms with Crippen LogP contribution in [-0.4, -0.2) is 8.42 Å². The Morgan fingerprint density at radius 2 is 2.10 bits per heavy atom. The predicted molar refractivity (Wildman–Crippen MR) is 41.7 cm³/mol. The number of nitrogens with two attached hydrogens (primary N) is 1. The summed E-state index contributed by atoms with van der Waals surface area (Å²) in [6, 6.07) is 0. The van der Waals surface area contributed by atoms with Gasteiger partial charge in [-0.05, 0) is 12.8 Å². The Labute approximate surface area is 61.3 Å². The predicted octanol–water partition coefficient (Wildman–Crippen LogP) is 0.755. The van der Waals surface area contributed by atoms with Gasteiger partial charge in [0.25, 0.3) is 0 Å². The van der Waals surface area contributed by atoms with Crippen LogP contribution in [0.2, 0.25) is 0 Å². The van der Waals surface area contributed by atoms with Crippen LogP contribution in [0.15, 0.2) is 24.1 Å². The van der Waals surface area contributed by atoms with Gasteiger partial charge in [0.05, 0.1) is 4.91 Å². The molecule has 0 rings (SSSR count). The lowest BCUT2D eigenvalue weighted by molar-refractivity contribution is 0.602. The Balaban J connectivity index is 4.00. The molecule has 0 aromatic heterocycles. The molecule has 10 heavy (non-hydrogen) atoms. The lowest BCUT2D eigenvalue weighted by atomic mass is 10.3. The highest BCUT2D eigenvalue weighted by molar-refractivity contribution is 7.93. The molecule has 0 atom stereocenters. The second kappa shape index (κ2) is 3.53. The first-order valence-corrected chi connectivity index (χ1v) is 4.34. The van der Waals surface area contributed by atoms with E-state index in [2.05, 4.69) is 13.2 Å². The maximum absolute atomic E-state index is 10.5. The van der Waals surface area contributed by atoms with Crippen LogP contribution < -0.4 is 5.14 Å². The smallest absolute Gasteiger partial charge is 0.225 e. The third-order valence-electron chi connectivity index (χ3n) is 1.03. The van der Waals surface area contributed by atoms with Crippen molar-refractivity contribution in [3.63, 3.8) is 0 Å².